The summed E-state index contributed by atoms with van der Waals surface area (Å²) in [6.07, 6.45) is -4.41. The van der Waals surface area contributed by atoms with Crippen LogP contribution in [0.2, 0.25) is 0 Å². The Balaban J connectivity index is 2.00. The van der Waals surface area contributed by atoms with Gasteiger partial charge in [0.05, 0.1) is 21.7 Å². The average Bonchev–Trinajstić information content (AvgIpc) is 2.97. The molecular weight excluding hydrogens is 319 g/mol. The molecule has 0 saturated carbocycles. The normalized spacial score (nSPS) is 12.1. The summed E-state index contributed by atoms with van der Waals surface area (Å²) in [6, 6.07) is 17.1. The van der Waals surface area contributed by atoms with Gasteiger partial charge >= 0.3 is 6.18 Å². The number of hydrogen-bond acceptors (Lipinski definition) is 2. The molecule has 2 aromatic carbocycles. The minimum absolute atomic E-state index is 0.130. The number of hydrogen-bond donors (Lipinski definition) is 0. The Kier molecular flexibility index (Phi) is 3.13. The number of alkyl halides is 3. The van der Waals surface area contributed by atoms with Gasteiger partial charge in [-0.1, -0.05) is 36.4 Å². The standard InChI is InChI=1S/C18H10F3NS/c19-18(20,21)13-10-15(22-14-7-3-2-6-12(13)14)17-9-11-5-1-4-8-16(11)23-17/h1-10H. The molecule has 5 heteroatoms. The molecule has 0 N–H and O–H groups in total. The van der Waals surface area contributed by atoms with Crippen LogP contribution in [-0.2, 0) is 6.18 Å². The van der Waals surface area contributed by atoms with E-state index < -0.39 is 11.7 Å². The predicted molar refractivity (Wildman–Crippen MR) is 87.6 cm³/mol. The lowest BCUT2D eigenvalue weighted by molar-refractivity contribution is -0.136. The predicted octanol–water partition coefficient (Wildman–Crippen LogP) is 6.14. The molecule has 0 aliphatic carbocycles. The van der Waals surface area contributed by atoms with Gasteiger partial charge in [0, 0.05) is 10.1 Å². The van der Waals surface area contributed by atoms with Crippen LogP contribution in [0.25, 0.3) is 31.6 Å². The number of pyridine rings is 1. The molecule has 0 unspecified atom stereocenters. The highest BCUT2D eigenvalue weighted by Crippen LogP contribution is 2.39. The number of benzene rings is 2. The van der Waals surface area contributed by atoms with E-state index in [0.717, 1.165) is 21.0 Å². The van der Waals surface area contributed by atoms with Crippen molar-refractivity contribution in [3.63, 3.8) is 0 Å². The fourth-order valence-electron chi connectivity index (χ4n) is 2.64. The van der Waals surface area contributed by atoms with Crippen molar-refractivity contribution in [3.05, 3.63) is 66.2 Å². The largest absolute Gasteiger partial charge is 0.417 e. The molecule has 114 valence electrons. The molecule has 0 aliphatic heterocycles. The van der Waals surface area contributed by atoms with Gasteiger partial charge in [-0.25, -0.2) is 4.98 Å². The first-order chi connectivity index (χ1) is 11.0. The first kappa shape index (κ1) is 14.2. The van der Waals surface area contributed by atoms with Gasteiger partial charge < -0.3 is 0 Å². The molecule has 2 heterocycles. The van der Waals surface area contributed by atoms with Crippen molar-refractivity contribution in [2.75, 3.05) is 0 Å². The average molecular weight is 329 g/mol. The molecule has 23 heavy (non-hydrogen) atoms. The third-order valence-corrected chi connectivity index (χ3v) is 4.84. The molecule has 4 rings (SSSR count). The Labute approximate surface area is 134 Å². The Hall–Kier alpha value is -2.40. The van der Waals surface area contributed by atoms with Gasteiger partial charge in [-0.15, -0.1) is 11.3 Å². The molecule has 0 bridgehead atoms. The van der Waals surface area contributed by atoms with E-state index in [1.54, 1.807) is 18.2 Å². The van der Waals surface area contributed by atoms with Gasteiger partial charge in [-0.3, -0.25) is 0 Å². The van der Waals surface area contributed by atoms with Crippen LogP contribution in [0.5, 0.6) is 0 Å². The maximum atomic E-state index is 13.4. The number of para-hydroxylation sites is 1. The number of thiophene rings is 1. The molecular formula is C18H10F3NS. The summed E-state index contributed by atoms with van der Waals surface area (Å²) < 4.78 is 41.2. The van der Waals surface area contributed by atoms with E-state index in [0.29, 0.717) is 11.2 Å². The van der Waals surface area contributed by atoms with E-state index in [4.69, 9.17) is 0 Å². The summed E-state index contributed by atoms with van der Waals surface area (Å²) in [5.74, 6) is 0. The SMILES string of the molecule is FC(F)(F)c1cc(-c2cc3ccccc3s2)nc2ccccc12. The van der Waals surface area contributed by atoms with E-state index in [1.165, 1.54) is 17.4 Å². The minimum Gasteiger partial charge on any atom is -0.247 e. The summed E-state index contributed by atoms with van der Waals surface area (Å²) >= 11 is 1.45. The first-order valence-corrected chi connectivity index (χ1v) is 7.80. The van der Waals surface area contributed by atoms with Crippen LogP contribution in [0, 0.1) is 0 Å². The van der Waals surface area contributed by atoms with Gasteiger partial charge in [0.15, 0.2) is 0 Å². The van der Waals surface area contributed by atoms with Crippen LogP contribution in [0.3, 0.4) is 0 Å². The van der Waals surface area contributed by atoms with Crippen molar-refractivity contribution in [1.82, 2.24) is 4.98 Å². The maximum absolute atomic E-state index is 13.4. The van der Waals surface area contributed by atoms with Crippen molar-refractivity contribution in [3.8, 4) is 10.6 Å². The number of fused-ring (bicyclic) bond motifs is 2. The van der Waals surface area contributed by atoms with Crippen LogP contribution in [0.1, 0.15) is 5.56 Å². The second-order valence-electron chi connectivity index (χ2n) is 5.22. The van der Waals surface area contributed by atoms with Gasteiger partial charge in [-0.2, -0.15) is 13.2 Å². The number of nitrogens with zero attached hydrogens (tertiary/aromatic N) is 1. The summed E-state index contributed by atoms with van der Waals surface area (Å²) in [4.78, 5) is 5.16. The van der Waals surface area contributed by atoms with Crippen molar-refractivity contribution in [1.29, 1.82) is 0 Å². The molecule has 0 saturated heterocycles. The van der Waals surface area contributed by atoms with Crippen LogP contribution >= 0.6 is 11.3 Å². The van der Waals surface area contributed by atoms with Crippen LogP contribution in [-0.4, -0.2) is 4.98 Å². The Morgan fingerprint density at radius 3 is 2.39 bits per heavy atom. The van der Waals surface area contributed by atoms with E-state index in [1.807, 2.05) is 30.3 Å². The second-order valence-corrected chi connectivity index (χ2v) is 6.30. The summed E-state index contributed by atoms with van der Waals surface area (Å²) in [7, 11) is 0. The summed E-state index contributed by atoms with van der Waals surface area (Å²) in [5.41, 5.74) is 0.0718. The summed E-state index contributed by atoms with van der Waals surface area (Å²) in [6.45, 7) is 0. The number of rotatable bonds is 1. The van der Waals surface area contributed by atoms with Crippen molar-refractivity contribution < 1.29 is 13.2 Å². The molecule has 0 fully saturated rings. The highest BCUT2D eigenvalue weighted by Gasteiger charge is 2.33. The molecule has 0 atom stereocenters. The van der Waals surface area contributed by atoms with Crippen molar-refractivity contribution >= 4 is 32.3 Å². The molecule has 4 aromatic rings. The highest BCUT2D eigenvalue weighted by molar-refractivity contribution is 7.22. The molecule has 0 amide bonds. The zero-order valence-corrected chi connectivity index (χ0v) is 12.6. The van der Waals surface area contributed by atoms with E-state index in [9.17, 15) is 13.2 Å². The summed E-state index contributed by atoms with van der Waals surface area (Å²) in [5, 5.41) is 1.14. The molecule has 0 aliphatic rings. The third-order valence-electron chi connectivity index (χ3n) is 3.70. The third kappa shape index (κ3) is 2.47. The molecule has 1 nitrogen and oxygen atoms in total. The fraction of sp³-hybridized carbons (Fsp3) is 0.0556. The Morgan fingerprint density at radius 1 is 0.870 bits per heavy atom. The molecule has 0 radical (unpaired) electrons. The van der Waals surface area contributed by atoms with E-state index in [2.05, 4.69) is 4.98 Å². The van der Waals surface area contributed by atoms with Gasteiger partial charge in [-0.05, 0) is 29.7 Å². The van der Waals surface area contributed by atoms with Crippen LogP contribution < -0.4 is 0 Å². The van der Waals surface area contributed by atoms with Crippen molar-refractivity contribution in [2.45, 2.75) is 6.18 Å². The van der Waals surface area contributed by atoms with Crippen molar-refractivity contribution in [2.24, 2.45) is 0 Å². The van der Waals surface area contributed by atoms with Gasteiger partial charge in [0.2, 0.25) is 0 Å². The van der Waals surface area contributed by atoms with Gasteiger partial charge in [0.1, 0.15) is 0 Å². The molecule has 2 aromatic heterocycles. The van der Waals surface area contributed by atoms with Crippen LogP contribution in [0.15, 0.2) is 60.7 Å². The lowest BCUT2D eigenvalue weighted by Crippen LogP contribution is -2.07. The van der Waals surface area contributed by atoms with E-state index >= 15 is 0 Å². The number of aromatic nitrogens is 1. The molecule has 0 spiro atoms. The fourth-order valence-corrected chi connectivity index (χ4v) is 3.67. The Morgan fingerprint density at radius 2 is 1.61 bits per heavy atom. The van der Waals surface area contributed by atoms with Crippen LogP contribution in [0.4, 0.5) is 13.2 Å². The highest BCUT2D eigenvalue weighted by atomic mass is 32.1. The topological polar surface area (TPSA) is 12.9 Å². The smallest absolute Gasteiger partial charge is 0.247 e. The Bertz CT molecular complexity index is 985. The minimum atomic E-state index is -4.41. The zero-order chi connectivity index (χ0) is 16.0. The van der Waals surface area contributed by atoms with Gasteiger partial charge in [0.25, 0.3) is 0 Å². The zero-order valence-electron chi connectivity index (χ0n) is 11.8. The number of halogens is 3. The van der Waals surface area contributed by atoms with E-state index in [-0.39, 0.29) is 5.39 Å². The first-order valence-electron chi connectivity index (χ1n) is 6.98. The maximum Gasteiger partial charge on any atom is 0.417 e. The lowest BCUT2D eigenvalue weighted by atomic mass is 10.1. The lowest BCUT2D eigenvalue weighted by Gasteiger charge is -2.11. The monoisotopic (exact) mass is 329 g/mol. The second kappa shape index (κ2) is 5.06. The quantitative estimate of drug-likeness (QED) is 0.409.